The molecule has 81 heavy (non-hydrogen) atoms. The first kappa shape index (κ1) is 64.0. The largest absolute Gasteiger partial charge is 0.399 e. The van der Waals surface area contributed by atoms with Crippen molar-refractivity contribution in [3.8, 4) is 22.3 Å². The number of fused-ring (bicyclic) bond motifs is 5. The lowest BCUT2D eigenvalue weighted by Crippen LogP contribution is -2.54. The van der Waals surface area contributed by atoms with Gasteiger partial charge in [0.25, 0.3) is 0 Å². The lowest BCUT2D eigenvalue weighted by Gasteiger charge is -2.61. The number of benzene rings is 5. The summed E-state index contributed by atoms with van der Waals surface area (Å²) in [5, 5.41) is 0. The van der Waals surface area contributed by atoms with Crippen LogP contribution in [0.1, 0.15) is 192 Å². The summed E-state index contributed by atoms with van der Waals surface area (Å²) in [6.07, 6.45) is 29.6. The Kier molecular flexibility index (Phi) is 24.0. The Balaban J connectivity index is 0.000000147. The average molecular weight is 1100 g/mol. The zero-order chi connectivity index (χ0) is 58.3. The average Bonchev–Trinajstić information content (AvgIpc) is 3.26. The molecule has 7 fully saturated rings. The van der Waals surface area contributed by atoms with Crippen LogP contribution in [-0.4, -0.2) is 18.1 Å². The van der Waals surface area contributed by atoms with Crippen molar-refractivity contribution in [1.82, 2.24) is 0 Å². The van der Waals surface area contributed by atoms with Gasteiger partial charge in [0.1, 0.15) is 5.82 Å². The highest BCUT2D eigenvalue weighted by Crippen LogP contribution is 2.67. The van der Waals surface area contributed by atoms with Gasteiger partial charge in [-0.3, -0.25) is 0 Å². The van der Waals surface area contributed by atoms with Crippen LogP contribution < -0.4 is 34.4 Å². The lowest BCUT2D eigenvalue weighted by molar-refractivity contribution is -0.111. The van der Waals surface area contributed by atoms with Crippen molar-refractivity contribution in [2.24, 2.45) is 87.0 Å². The van der Waals surface area contributed by atoms with Crippen molar-refractivity contribution in [2.75, 3.05) is 11.5 Å². The molecule has 0 heterocycles. The summed E-state index contributed by atoms with van der Waals surface area (Å²) in [6.45, 7) is 19.3. The van der Waals surface area contributed by atoms with Gasteiger partial charge in [-0.2, -0.15) is 0 Å². The molecule has 444 valence electrons. The number of nitrogen functional groups attached to an aromatic ring is 2. The number of nitrogens with two attached hydrogens (primary N) is 6. The van der Waals surface area contributed by atoms with Crippen molar-refractivity contribution in [1.29, 1.82) is 0 Å². The summed E-state index contributed by atoms with van der Waals surface area (Å²) in [6, 6.07) is 38.2. The Morgan fingerprint density at radius 1 is 0.444 bits per heavy atom. The van der Waals surface area contributed by atoms with E-state index < -0.39 is 0 Å². The highest BCUT2D eigenvalue weighted by molar-refractivity contribution is 5.72. The molecule has 12 N–H and O–H groups in total. The predicted molar refractivity (Wildman–Crippen MR) is 347 cm³/mol. The van der Waals surface area contributed by atoms with Crippen LogP contribution in [0, 0.1) is 90.7 Å². The van der Waals surface area contributed by atoms with Crippen LogP contribution in [0.4, 0.5) is 15.8 Å². The molecule has 0 bridgehead atoms. The second-order valence-corrected chi connectivity index (χ2v) is 27.7. The maximum absolute atomic E-state index is 14.4. The topological polar surface area (TPSA) is 156 Å². The summed E-state index contributed by atoms with van der Waals surface area (Å²) in [7, 11) is 0. The van der Waals surface area contributed by atoms with Crippen LogP contribution in [0.5, 0.6) is 0 Å². The van der Waals surface area contributed by atoms with Crippen molar-refractivity contribution in [3.63, 3.8) is 0 Å². The maximum Gasteiger partial charge on any atom is 0.131 e. The zero-order valence-corrected chi connectivity index (χ0v) is 51.8. The van der Waals surface area contributed by atoms with E-state index in [1.54, 1.807) is 18.2 Å². The molecule has 0 aliphatic heterocycles. The molecule has 12 rings (SSSR count). The first-order valence-corrected chi connectivity index (χ1v) is 32.3. The van der Waals surface area contributed by atoms with Gasteiger partial charge in [0.2, 0.25) is 0 Å². The molecule has 7 saturated carbocycles. The molecule has 8 atom stereocenters. The highest BCUT2D eigenvalue weighted by atomic mass is 19.1. The van der Waals surface area contributed by atoms with Crippen LogP contribution in [0.2, 0.25) is 0 Å². The maximum atomic E-state index is 14.4. The van der Waals surface area contributed by atoms with E-state index in [-0.39, 0.29) is 5.82 Å². The Morgan fingerprint density at radius 2 is 0.889 bits per heavy atom. The Bertz CT molecular complexity index is 2540. The molecule has 0 amide bonds. The fraction of sp³-hybridized carbons (Fsp3) is 0.595. The molecule has 7 aliphatic carbocycles. The van der Waals surface area contributed by atoms with E-state index in [2.05, 4.69) is 65.8 Å². The third-order valence-corrected chi connectivity index (χ3v) is 21.8. The van der Waals surface area contributed by atoms with Crippen molar-refractivity contribution < 1.29 is 4.39 Å². The third kappa shape index (κ3) is 18.0. The van der Waals surface area contributed by atoms with E-state index >= 15 is 0 Å². The van der Waals surface area contributed by atoms with Crippen LogP contribution in [0.25, 0.3) is 22.3 Å². The van der Waals surface area contributed by atoms with Crippen LogP contribution in [0.15, 0.2) is 115 Å². The Morgan fingerprint density at radius 3 is 1.41 bits per heavy atom. The van der Waals surface area contributed by atoms with Gasteiger partial charge in [-0.1, -0.05) is 149 Å². The second kappa shape index (κ2) is 30.3. The zero-order valence-electron chi connectivity index (χ0n) is 51.8. The number of anilines is 2. The minimum absolute atomic E-state index is 0.224. The van der Waals surface area contributed by atoms with Crippen molar-refractivity contribution in [3.05, 3.63) is 143 Å². The fourth-order valence-electron chi connectivity index (χ4n) is 15.8. The van der Waals surface area contributed by atoms with Crippen molar-refractivity contribution in [2.45, 2.75) is 215 Å². The first-order valence-electron chi connectivity index (χ1n) is 32.3. The molecule has 0 saturated heterocycles. The van der Waals surface area contributed by atoms with E-state index in [1.165, 1.54) is 157 Å². The van der Waals surface area contributed by atoms with Gasteiger partial charge in [0.15, 0.2) is 0 Å². The molecule has 7 heteroatoms. The summed E-state index contributed by atoms with van der Waals surface area (Å²) < 4.78 is 14.4. The fourth-order valence-corrected chi connectivity index (χ4v) is 15.8. The van der Waals surface area contributed by atoms with E-state index in [0.29, 0.717) is 46.8 Å². The quantitative estimate of drug-likeness (QED) is 0.0985. The molecule has 0 unspecified atom stereocenters. The molecule has 7 aliphatic rings. The number of hydrogen-bond acceptors (Lipinski definition) is 6. The standard InChI is InChI=1S/C20H35N.C19H16FN.C13H25N.C8H11N.C7H15N.C7H9N/c1-13-4-7-17-16-6-5-14-12-15(21)8-10-20(14,3)18(16)9-11-19(13,17)2;1-13-2-4-14(5-3-13)16-8-11-18(19(20)12-16)15-6-9-17(21)10-7-15;1-10-2-4-11(5-3-10)12-6-8-13(14)9-7-12;1-7-2-4-8(6-9)5-3-7;2*1-6-2-4-7(8)5-3-6/h13-18H,4-12,21H2,1-3H3;2-12H,21H2,1H3;10-13H,2-9,14H2,1H3;2-5H,6,9H2,1H3;6-7H,2-5,8H2,1H3;2-5H,8H2,1H3/t13-,14-,15-,16-,17-,18-,19+,20-;;;;;/m1...../s1. The van der Waals surface area contributed by atoms with Gasteiger partial charge >= 0.3 is 0 Å². The molecular formula is C74H111FN6. The highest BCUT2D eigenvalue weighted by Gasteiger charge is 2.59. The number of aryl methyl sites for hydroxylation is 3. The van der Waals surface area contributed by atoms with Gasteiger partial charge < -0.3 is 34.4 Å². The Labute approximate surface area is 492 Å². The monoisotopic (exact) mass is 1100 g/mol. The van der Waals surface area contributed by atoms with Gasteiger partial charge in [0.05, 0.1) is 0 Å². The molecule has 0 aromatic heterocycles. The van der Waals surface area contributed by atoms with Gasteiger partial charge in [-0.25, -0.2) is 4.39 Å². The molecule has 5 aromatic carbocycles. The molecule has 0 radical (unpaired) electrons. The first-order chi connectivity index (χ1) is 38.7. The molecule has 6 nitrogen and oxygen atoms in total. The normalized spacial score (nSPS) is 32.0. The Hall–Kier alpha value is -4.53. The van der Waals surface area contributed by atoms with Crippen LogP contribution in [0.3, 0.4) is 0 Å². The van der Waals surface area contributed by atoms with E-state index in [9.17, 15) is 4.39 Å². The second-order valence-electron chi connectivity index (χ2n) is 27.7. The minimum Gasteiger partial charge on any atom is -0.399 e. The summed E-state index contributed by atoms with van der Waals surface area (Å²) in [4.78, 5) is 0. The SMILES string of the molecule is CC1CCC(C2CCC(N)CC2)CC1.CC1CCC(N)CC1.C[C@@H]1CC[C@@H]2[C@H]3CC[C@@H]4C[C@H](N)CC[C@@]4(C)[C@@H]3CC[C@@]12C.Cc1ccc(-c2ccc(-c3ccc(N)cc3)c(F)c2)cc1.Cc1ccc(CN)cc1.Cc1ccc(N)cc1. The number of rotatable bonds is 4. The van der Waals surface area contributed by atoms with Crippen LogP contribution >= 0.6 is 0 Å². The summed E-state index contributed by atoms with van der Waals surface area (Å²) >= 11 is 0. The summed E-state index contributed by atoms with van der Waals surface area (Å²) in [5.41, 5.74) is 45.5. The molecule has 0 spiro atoms. The molecule has 5 aromatic rings. The van der Waals surface area contributed by atoms with Gasteiger partial charge in [-0.05, 0) is 259 Å². The number of halogens is 1. The third-order valence-electron chi connectivity index (χ3n) is 21.8. The van der Waals surface area contributed by atoms with E-state index in [0.717, 1.165) is 75.6 Å². The summed E-state index contributed by atoms with van der Waals surface area (Å²) in [5.74, 6) is 8.81. The smallest absolute Gasteiger partial charge is 0.131 e. The van der Waals surface area contributed by atoms with Crippen LogP contribution in [-0.2, 0) is 6.54 Å². The van der Waals surface area contributed by atoms with Gasteiger partial charge in [0, 0.05) is 41.6 Å². The predicted octanol–water partition coefficient (Wildman–Crippen LogP) is 17.9. The van der Waals surface area contributed by atoms with Crippen molar-refractivity contribution >= 4 is 11.4 Å². The number of hydrogen-bond donors (Lipinski definition) is 6. The lowest BCUT2D eigenvalue weighted by atomic mass is 9.44. The van der Waals surface area contributed by atoms with E-state index in [1.807, 2.05) is 86.6 Å². The minimum atomic E-state index is -0.224. The molecular weight excluding hydrogens is 992 g/mol. The van der Waals surface area contributed by atoms with Gasteiger partial charge in [-0.15, -0.1) is 0 Å². The van der Waals surface area contributed by atoms with E-state index in [4.69, 9.17) is 34.4 Å².